The quantitative estimate of drug-likeness (QED) is 0.758. The van der Waals surface area contributed by atoms with Crippen LogP contribution in [-0.2, 0) is 0 Å². The van der Waals surface area contributed by atoms with Crippen LogP contribution < -0.4 is 5.32 Å². The van der Waals surface area contributed by atoms with Crippen molar-refractivity contribution in [3.05, 3.63) is 58.4 Å². The number of aromatic nitrogens is 1. The molecule has 0 aliphatic rings. The van der Waals surface area contributed by atoms with Gasteiger partial charge in [0.05, 0.1) is 5.69 Å². The summed E-state index contributed by atoms with van der Waals surface area (Å²) in [6, 6.07) is 10.3. The van der Waals surface area contributed by atoms with E-state index in [9.17, 15) is 9.59 Å². The molecule has 0 aliphatic carbocycles. The molecule has 134 valence electrons. The topological polar surface area (TPSA) is 66.5 Å². The van der Waals surface area contributed by atoms with Crippen LogP contribution >= 0.6 is 0 Å². The minimum Gasteiger partial charge on any atom is -0.355 e. The Balaban J connectivity index is 2.25. The molecule has 0 saturated carbocycles. The lowest BCUT2D eigenvalue weighted by Crippen LogP contribution is -2.92. The van der Waals surface area contributed by atoms with Crippen molar-refractivity contribution in [1.82, 2.24) is 4.98 Å². The first kappa shape index (κ1) is 19.1. The average Bonchev–Trinajstić information content (AvgIpc) is 2.86. The third-order valence-electron chi connectivity index (χ3n) is 4.85. The summed E-state index contributed by atoms with van der Waals surface area (Å²) in [6.07, 6.45) is 0. The Kier molecular flexibility index (Phi) is 5.96. The molecule has 0 bridgehead atoms. The molecule has 25 heavy (non-hydrogen) atoms. The van der Waals surface area contributed by atoms with Gasteiger partial charge in [-0.3, -0.25) is 9.59 Å². The molecule has 1 aromatic carbocycles. The summed E-state index contributed by atoms with van der Waals surface area (Å²) in [4.78, 5) is 27.9. The summed E-state index contributed by atoms with van der Waals surface area (Å²) in [7, 11) is 0. The second-order valence-electron chi connectivity index (χ2n) is 7.21. The van der Waals surface area contributed by atoms with Crippen LogP contribution in [-0.4, -0.2) is 22.6 Å². The Hall–Kier alpha value is -2.20. The normalized spacial score (nSPS) is 13.7. The maximum Gasteiger partial charge on any atom is 0.235 e. The number of rotatable bonds is 7. The lowest BCUT2D eigenvalue weighted by atomic mass is 9.94. The maximum atomic E-state index is 13.0. The summed E-state index contributed by atoms with van der Waals surface area (Å²) in [5, 5.41) is 2.13. The van der Waals surface area contributed by atoms with Gasteiger partial charge in [0.2, 0.25) is 5.78 Å². The number of carbonyl (C=O) groups excluding carboxylic acids is 2. The fourth-order valence-electron chi connectivity index (χ4n) is 3.54. The number of Topliss-reactive ketones (excluding diaryl/α,β-unsaturated/α-hetero) is 2. The summed E-state index contributed by atoms with van der Waals surface area (Å²) in [5.41, 5.74) is 3.95. The third kappa shape index (κ3) is 4.07. The Morgan fingerprint density at radius 2 is 1.64 bits per heavy atom. The van der Waals surface area contributed by atoms with Crippen LogP contribution in [0.4, 0.5) is 0 Å². The molecular formula is C21H29N2O2+. The third-order valence-corrected chi connectivity index (χ3v) is 4.85. The molecule has 1 heterocycles. The molecule has 3 N–H and O–H groups in total. The Morgan fingerprint density at radius 1 is 1.04 bits per heavy atom. The molecule has 4 heteroatoms. The molecule has 2 rings (SSSR count). The van der Waals surface area contributed by atoms with E-state index >= 15 is 0 Å². The Labute approximate surface area is 150 Å². The number of benzene rings is 1. The molecule has 0 saturated heterocycles. The molecule has 0 radical (unpaired) electrons. The first-order valence-electron chi connectivity index (χ1n) is 8.88. The summed E-state index contributed by atoms with van der Waals surface area (Å²) in [5.74, 6) is 0.429. The van der Waals surface area contributed by atoms with Gasteiger partial charge < -0.3 is 10.3 Å². The van der Waals surface area contributed by atoms with Crippen LogP contribution in [0.5, 0.6) is 0 Å². The van der Waals surface area contributed by atoms with Crippen molar-refractivity contribution in [2.45, 2.75) is 53.6 Å². The monoisotopic (exact) mass is 341 g/mol. The number of nitrogens with two attached hydrogens (primary N) is 1. The predicted molar refractivity (Wildman–Crippen MR) is 100 cm³/mol. The van der Waals surface area contributed by atoms with Crippen molar-refractivity contribution in [1.29, 1.82) is 0 Å². The summed E-state index contributed by atoms with van der Waals surface area (Å²) in [6.45, 7) is 11.5. The van der Waals surface area contributed by atoms with Gasteiger partial charge in [-0.1, -0.05) is 44.2 Å². The molecule has 0 amide bonds. The van der Waals surface area contributed by atoms with E-state index in [1.165, 1.54) is 12.5 Å². The molecule has 2 aromatic rings. The second kappa shape index (κ2) is 7.79. The molecule has 0 spiro atoms. The lowest BCUT2D eigenvalue weighted by Gasteiger charge is -2.23. The average molecular weight is 341 g/mol. The Bertz CT molecular complexity index is 760. The number of H-pyrrole nitrogens is 1. The molecule has 2 atom stereocenters. The second-order valence-corrected chi connectivity index (χ2v) is 7.21. The van der Waals surface area contributed by atoms with Crippen LogP contribution in [0, 0.1) is 19.8 Å². The van der Waals surface area contributed by atoms with Gasteiger partial charge in [0.1, 0.15) is 12.1 Å². The van der Waals surface area contributed by atoms with Gasteiger partial charge in [0.25, 0.3) is 0 Å². The SMILES string of the molecule is CC(=O)c1c(C)[nH]c(C(=O)[C@@H](C)[NH2+][C@H](c2ccccc2)C(C)C)c1C. The van der Waals surface area contributed by atoms with Crippen molar-refractivity contribution >= 4 is 11.6 Å². The van der Waals surface area contributed by atoms with Gasteiger partial charge in [-0.05, 0) is 33.3 Å². The van der Waals surface area contributed by atoms with Crippen molar-refractivity contribution < 1.29 is 14.9 Å². The fourth-order valence-corrected chi connectivity index (χ4v) is 3.54. The minimum atomic E-state index is -0.232. The van der Waals surface area contributed by atoms with Crippen LogP contribution in [0.3, 0.4) is 0 Å². The van der Waals surface area contributed by atoms with Gasteiger partial charge >= 0.3 is 0 Å². The van der Waals surface area contributed by atoms with Crippen molar-refractivity contribution in [2.75, 3.05) is 0 Å². The first-order chi connectivity index (χ1) is 11.7. The van der Waals surface area contributed by atoms with E-state index < -0.39 is 0 Å². The van der Waals surface area contributed by atoms with Gasteiger partial charge in [-0.15, -0.1) is 0 Å². The van der Waals surface area contributed by atoms with E-state index in [4.69, 9.17) is 0 Å². The highest BCUT2D eigenvalue weighted by molar-refractivity contribution is 6.04. The fraction of sp³-hybridized carbons (Fsp3) is 0.429. The van der Waals surface area contributed by atoms with E-state index in [2.05, 4.69) is 36.3 Å². The molecule has 0 fully saturated rings. The van der Waals surface area contributed by atoms with E-state index in [0.29, 0.717) is 17.2 Å². The smallest absolute Gasteiger partial charge is 0.235 e. The zero-order valence-electron chi connectivity index (χ0n) is 16.0. The van der Waals surface area contributed by atoms with Crippen LogP contribution in [0.2, 0.25) is 0 Å². The van der Waals surface area contributed by atoms with Gasteiger partial charge in [0.15, 0.2) is 5.78 Å². The molecule has 0 aliphatic heterocycles. The number of hydrogen-bond donors (Lipinski definition) is 2. The number of quaternary nitrogens is 1. The summed E-state index contributed by atoms with van der Waals surface area (Å²) >= 11 is 0. The number of aromatic amines is 1. The number of hydrogen-bond acceptors (Lipinski definition) is 2. The maximum absolute atomic E-state index is 13.0. The van der Waals surface area contributed by atoms with E-state index in [0.717, 1.165) is 11.3 Å². The zero-order valence-corrected chi connectivity index (χ0v) is 16.0. The zero-order chi connectivity index (χ0) is 18.7. The summed E-state index contributed by atoms with van der Waals surface area (Å²) < 4.78 is 0. The highest BCUT2D eigenvalue weighted by Gasteiger charge is 2.29. The van der Waals surface area contributed by atoms with Crippen molar-refractivity contribution in [3.63, 3.8) is 0 Å². The largest absolute Gasteiger partial charge is 0.355 e. The van der Waals surface area contributed by atoms with Crippen LogP contribution in [0.1, 0.15) is 71.4 Å². The van der Waals surface area contributed by atoms with E-state index in [1.807, 2.05) is 39.0 Å². The van der Waals surface area contributed by atoms with E-state index in [1.54, 1.807) is 0 Å². The molecule has 1 aromatic heterocycles. The minimum absolute atomic E-state index is 0.00808. The first-order valence-corrected chi connectivity index (χ1v) is 8.88. The number of nitrogens with one attached hydrogen (secondary N) is 1. The molecule has 0 unspecified atom stereocenters. The Morgan fingerprint density at radius 3 is 2.12 bits per heavy atom. The standard InChI is InChI=1S/C21H28N2O2/c1-12(2)19(17-10-8-7-9-11-17)23-15(5)21(25)20-13(3)18(16(6)24)14(4)22-20/h7-12,15,19,22-23H,1-6H3/p+1/t15-,19+/m1/s1. The van der Waals surface area contributed by atoms with Gasteiger partial charge in [-0.2, -0.15) is 0 Å². The van der Waals surface area contributed by atoms with Crippen LogP contribution in [0.25, 0.3) is 0 Å². The van der Waals surface area contributed by atoms with Crippen molar-refractivity contribution in [3.8, 4) is 0 Å². The number of ketones is 2. The lowest BCUT2D eigenvalue weighted by molar-refractivity contribution is -0.718. The highest BCUT2D eigenvalue weighted by atomic mass is 16.1. The van der Waals surface area contributed by atoms with Crippen LogP contribution in [0.15, 0.2) is 30.3 Å². The van der Waals surface area contributed by atoms with E-state index in [-0.39, 0.29) is 23.7 Å². The predicted octanol–water partition coefficient (Wildman–Crippen LogP) is 3.37. The molecular weight excluding hydrogens is 312 g/mol. The van der Waals surface area contributed by atoms with Gasteiger partial charge in [0, 0.05) is 22.7 Å². The van der Waals surface area contributed by atoms with Crippen molar-refractivity contribution in [2.24, 2.45) is 5.92 Å². The highest BCUT2D eigenvalue weighted by Crippen LogP contribution is 2.21. The molecule has 4 nitrogen and oxygen atoms in total. The number of aryl methyl sites for hydroxylation is 1. The number of carbonyl (C=O) groups is 2. The van der Waals surface area contributed by atoms with Gasteiger partial charge in [-0.25, -0.2) is 0 Å².